The summed E-state index contributed by atoms with van der Waals surface area (Å²) in [4.78, 5) is 11.1. The van der Waals surface area contributed by atoms with Crippen LogP contribution in [-0.2, 0) is 10.2 Å². The fraction of sp³-hybridized carbons (Fsp3) is 0.533. The molecule has 0 heterocycles. The van der Waals surface area contributed by atoms with Crippen LogP contribution < -0.4 is 9.47 Å². The summed E-state index contributed by atoms with van der Waals surface area (Å²) in [5.41, 5.74) is 1.32. The van der Waals surface area contributed by atoms with Gasteiger partial charge in [0.05, 0.1) is 20.6 Å². The molecule has 0 aliphatic heterocycles. The summed E-state index contributed by atoms with van der Waals surface area (Å²) in [6.45, 7) is 3.37. The maximum Gasteiger partial charge on any atom is 0.304 e. The normalized spacial score (nSPS) is 15.8. The Hall–Kier alpha value is -1.78. The Bertz CT molecular complexity index is 562. The molecule has 0 unspecified atom stereocenters. The topological polar surface area (TPSA) is 55.8 Å². The van der Waals surface area contributed by atoms with Crippen LogP contribution in [0.25, 0.3) is 0 Å². The monoisotopic (exact) mass is 282 g/mol. The van der Waals surface area contributed by atoms with Gasteiger partial charge in [0.2, 0.25) is 0 Å². The average molecular weight is 282 g/mol. The molecule has 4 nitrogen and oxygen atoms in total. The van der Waals surface area contributed by atoms with E-state index >= 15 is 0 Å². The van der Waals surface area contributed by atoms with Crippen molar-refractivity contribution in [2.24, 2.45) is 0 Å². The van der Waals surface area contributed by atoms with Crippen molar-refractivity contribution in [2.75, 3.05) is 14.2 Å². The maximum atomic E-state index is 14.2. The molecule has 0 radical (unpaired) electrons. The third-order valence-corrected chi connectivity index (χ3v) is 4.09. The largest absolute Gasteiger partial charge is 0.496 e. The van der Waals surface area contributed by atoms with Crippen molar-refractivity contribution >= 4 is 5.97 Å². The average Bonchev–Trinajstić information content (AvgIpc) is 3.13. The first-order valence-electron chi connectivity index (χ1n) is 6.51. The standard InChI is InChI=1S/C15H19FO4/c1-8-11(15(5-6-15)7-10(17)18)13(19-3)9(2)12(16)14(8)20-4/h5-7H2,1-4H3,(H,17,18). The number of carboxylic acids is 1. The van der Waals surface area contributed by atoms with Crippen LogP contribution in [0.3, 0.4) is 0 Å². The van der Waals surface area contributed by atoms with Gasteiger partial charge in [0.25, 0.3) is 0 Å². The smallest absolute Gasteiger partial charge is 0.304 e. The van der Waals surface area contributed by atoms with E-state index in [1.165, 1.54) is 14.2 Å². The van der Waals surface area contributed by atoms with E-state index in [2.05, 4.69) is 0 Å². The molecule has 0 saturated heterocycles. The minimum Gasteiger partial charge on any atom is -0.496 e. The molecule has 110 valence electrons. The third-order valence-electron chi connectivity index (χ3n) is 4.09. The lowest BCUT2D eigenvalue weighted by molar-refractivity contribution is -0.137. The van der Waals surface area contributed by atoms with E-state index < -0.39 is 17.2 Å². The highest BCUT2D eigenvalue weighted by atomic mass is 19.1. The Morgan fingerprint density at radius 1 is 1.20 bits per heavy atom. The Morgan fingerprint density at radius 3 is 2.15 bits per heavy atom. The number of ether oxygens (including phenoxy) is 2. The van der Waals surface area contributed by atoms with Gasteiger partial charge < -0.3 is 14.6 Å². The molecule has 5 heteroatoms. The predicted octanol–water partition coefficient (Wildman–Crippen LogP) is 2.97. The second-order valence-corrected chi connectivity index (χ2v) is 5.36. The second kappa shape index (κ2) is 4.96. The van der Waals surface area contributed by atoms with Crippen LogP contribution >= 0.6 is 0 Å². The van der Waals surface area contributed by atoms with Crippen LogP contribution in [0.1, 0.15) is 36.0 Å². The van der Waals surface area contributed by atoms with Crippen LogP contribution in [0.5, 0.6) is 11.5 Å². The number of benzene rings is 1. The molecular weight excluding hydrogens is 263 g/mol. The first-order chi connectivity index (χ1) is 9.38. The third kappa shape index (κ3) is 2.11. The lowest BCUT2D eigenvalue weighted by atomic mass is 9.86. The van der Waals surface area contributed by atoms with E-state index in [-0.39, 0.29) is 12.2 Å². The van der Waals surface area contributed by atoms with Gasteiger partial charge in [-0.05, 0) is 26.7 Å². The Morgan fingerprint density at radius 2 is 1.75 bits per heavy atom. The number of hydrogen-bond acceptors (Lipinski definition) is 3. The summed E-state index contributed by atoms with van der Waals surface area (Å²) in [5, 5.41) is 9.11. The van der Waals surface area contributed by atoms with E-state index in [9.17, 15) is 9.18 Å². The van der Waals surface area contributed by atoms with Gasteiger partial charge in [-0.15, -0.1) is 0 Å². The van der Waals surface area contributed by atoms with Gasteiger partial charge in [-0.25, -0.2) is 4.39 Å². The minimum absolute atomic E-state index is 0.0262. The number of aliphatic carboxylic acids is 1. The molecule has 0 atom stereocenters. The molecule has 1 aromatic rings. The van der Waals surface area contributed by atoms with Crippen molar-refractivity contribution < 1.29 is 23.8 Å². The summed E-state index contributed by atoms with van der Waals surface area (Å²) in [6.07, 6.45) is 1.56. The van der Waals surface area contributed by atoms with Crippen LogP contribution in [0.2, 0.25) is 0 Å². The quantitative estimate of drug-likeness (QED) is 0.902. The molecule has 0 aromatic heterocycles. The lowest BCUT2D eigenvalue weighted by Crippen LogP contribution is -2.17. The van der Waals surface area contributed by atoms with Crippen molar-refractivity contribution in [1.82, 2.24) is 0 Å². The molecule has 1 aromatic carbocycles. The number of methoxy groups -OCH3 is 2. The van der Waals surface area contributed by atoms with E-state index in [0.717, 1.165) is 18.4 Å². The maximum absolute atomic E-state index is 14.2. The Labute approximate surface area is 117 Å². The van der Waals surface area contributed by atoms with Crippen molar-refractivity contribution in [3.05, 3.63) is 22.5 Å². The van der Waals surface area contributed by atoms with Crippen LogP contribution in [0.4, 0.5) is 4.39 Å². The molecule has 1 saturated carbocycles. The summed E-state index contributed by atoms with van der Waals surface area (Å²) in [5.74, 6) is -0.684. The molecule has 1 N–H and O–H groups in total. The van der Waals surface area contributed by atoms with E-state index in [0.29, 0.717) is 16.9 Å². The molecule has 0 bridgehead atoms. The van der Waals surface area contributed by atoms with Gasteiger partial charge in [0.1, 0.15) is 5.75 Å². The molecule has 1 aliphatic rings. The van der Waals surface area contributed by atoms with Gasteiger partial charge in [0, 0.05) is 22.1 Å². The first-order valence-corrected chi connectivity index (χ1v) is 6.51. The molecule has 0 amide bonds. The molecule has 20 heavy (non-hydrogen) atoms. The number of rotatable bonds is 5. The number of halogens is 1. The lowest BCUT2D eigenvalue weighted by Gasteiger charge is -2.24. The van der Waals surface area contributed by atoms with Crippen LogP contribution in [0.15, 0.2) is 0 Å². The van der Waals surface area contributed by atoms with E-state index in [4.69, 9.17) is 14.6 Å². The van der Waals surface area contributed by atoms with Gasteiger partial charge in [-0.2, -0.15) is 0 Å². The van der Waals surface area contributed by atoms with Gasteiger partial charge in [-0.3, -0.25) is 4.79 Å². The molecule has 1 aliphatic carbocycles. The number of hydrogen-bond donors (Lipinski definition) is 1. The summed E-state index contributed by atoms with van der Waals surface area (Å²) >= 11 is 0. The van der Waals surface area contributed by atoms with Crippen molar-refractivity contribution in [3.63, 3.8) is 0 Å². The molecular formula is C15H19FO4. The highest BCUT2D eigenvalue weighted by molar-refractivity contribution is 5.72. The van der Waals surface area contributed by atoms with Crippen molar-refractivity contribution in [2.45, 2.75) is 38.5 Å². The van der Waals surface area contributed by atoms with Crippen LogP contribution in [0, 0.1) is 19.7 Å². The van der Waals surface area contributed by atoms with Crippen LogP contribution in [-0.4, -0.2) is 25.3 Å². The highest BCUT2D eigenvalue weighted by Crippen LogP contribution is 2.57. The molecule has 0 spiro atoms. The zero-order valence-electron chi connectivity index (χ0n) is 12.2. The molecule has 1 fully saturated rings. The van der Waals surface area contributed by atoms with Crippen molar-refractivity contribution in [3.8, 4) is 11.5 Å². The Balaban J connectivity index is 2.69. The van der Waals surface area contributed by atoms with Gasteiger partial charge in [0.15, 0.2) is 11.6 Å². The molecule has 2 rings (SSSR count). The van der Waals surface area contributed by atoms with E-state index in [1.807, 2.05) is 0 Å². The summed E-state index contributed by atoms with van der Waals surface area (Å²) in [6, 6.07) is 0. The zero-order valence-corrected chi connectivity index (χ0v) is 12.2. The van der Waals surface area contributed by atoms with Gasteiger partial charge in [-0.1, -0.05) is 0 Å². The zero-order chi connectivity index (χ0) is 15.1. The van der Waals surface area contributed by atoms with Crippen molar-refractivity contribution in [1.29, 1.82) is 0 Å². The first kappa shape index (κ1) is 14.6. The number of carboxylic acid groups (broad SMARTS) is 1. The summed E-state index contributed by atoms with van der Waals surface area (Å²) in [7, 11) is 2.89. The summed E-state index contributed by atoms with van der Waals surface area (Å²) < 4.78 is 24.7. The SMILES string of the molecule is COc1c(C)c(C2(CC(=O)O)CC2)c(OC)c(C)c1F. The Kier molecular flexibility index (Phi) is 3.63. The van der Waals surface area contributed by atoms with Gasteiger partial charge >= 0.3 is 5.97 Å². The fourth-order valence-electron chi connectivity index (χ4n) is 3.00. The second-order valence-electron chi connectivity index (χ2n) is 5.36. The predicted molar refractivity (Wildman–Crippen MR) is 72.1 cm³/mol. The highest BCUT2D eigenvalue weighted by Gasteiger charge is 2.50. The number of carbonyl (C=O) groups is 1. The minimum atomic E-state index is -0.857. The fourth-order valence-corrected chi connectivity index (χ4v) is 3.00. The van der Waals surface area contributed by atoms with E-state index in [1.54, 1.807) is 13.8 Å².